The van der Waals surface area contributed by atoms with Gasteiger partial charge in [0.2, 0.25) is 5.91 Å². The van der Waals surface area contributed by atoms with Gasteiger partial charge in [-0.3, -0.25) is 9.59 Å². The van der Waals surface area contributed by atoms with Gasteiger partial charge in [-0.25, -0.2) is 0 Å². The molecule has 1 heterocycles. The SMILES string of the molecule is CN(C(=O)CN1CC2(CC2)c2cc(Br)ccc2C1=O)C1CC(C)(O)C1. The van der Waals surface area contributed by atoms with Gasteiger partial charge in [-0.15, -0.1) is 0 Å². The molecule has 2 amide bonds. The topological polar surface area (TPSA) is 60.9 Å². The molecule has 25 heavy (non-hydrogen) atoms. The Bertz CT molecular complexity index is 749. The van der Waals surface area contributed by atoms with Gasteiger partial charge in [0, 0.05) is 35.1 Å². The normalized spacial score (nSPS) is 29.2. The van der Waals surface area contributed by atoms with Crippen LogP contribution in [-0.4, -0.2) is 58.5 Å². The lowest BCUT2D eigenvalue weighted by molar-refractivity contribution is -0.141. The first kappa shape index (κ1) is 17.0. The maximum atomic E-state index is 12.9. The molecule has 2 saturated carbocycles. The molecule has 0 saturated heterocycles. The molecule has 1 aliphatic heterocycles. The van der Waals surface area contributed by atoms with Crippen LogP contribution in [0.5, 0.6) is 0 Å². The van der Waals surface area contributed by atoms with E-state index in [1.165, 1.54) is 0 Å². The zero-order chi connectivity index (χ0) is 18.0. The number of nitrogens with zero attached hydrogens (tertiary/aromatic N) is 2. The number of halogens is 1. The predicted octanol–water partition coefficient (Wildman–Crippen LogP) is 2.31. The number of hydrogen-bond donors (Lipinski definition) is 1. The fourth-order valence-corrected chi connectivity index (χ4v) is 4.61. The van der Waals surface area contributed by atoms with Gasteiger partial charge in [0.05, 0.1) is 5.60 Å². The highest BCUT2D eigenvalue weighted by molar-refractivity contribution is 9.10. The number of likely N-dealkylation sites (N-methyl/N-ethyl adjacent to an activating group) is 1. The number of benzene rings is 1. The summed E-state index contributed by atoms with van der Waals surface area (Å²) < 4.78 is 0.992. The average molecular weight is 407 g/mol. The molecule has 1 aromatic rings. The molecule has 0 unspecified atom stereocenters. The van der Waals surface area contributed by atoms with E-state index in [0.29, 0.717) is 19.4 Å². The van der Waals surface area contributed by atoms with E-state index in [9.17, 15) is 14.7 Å². The Labute approximate surface area is 156 Å². The second-order valence-corrected chi connectivity index (χ2v) is 9.11. The van der Waals surface area contributed by atoms with E-state index in [2.05, 4.69) is 22.0 Å². The number of fused-ring (bicyclic) bond motifs is 2. The van der Waals surface area contributed by atoms with Crippen LogP contribution in [-0.2, 0) is 10.2 Å². The maximum Gasteiger partial charge on any atom is 0.254 e. The van der Waals surface area contributed by atoms with Gasteiger partial charge in [0.15, 0.2) is 0 Å². The molecular formula is C19H23BrN2O3. The molecule has 5 nitrogen and oxygen atoms in total. The third-order valence-electron chi connectivity index (χ3n) is 6.04. The van der Waals surface area contributed by atoms with E-state index in [-0.39, 0.29) is 29.8 Å². The molecule has 1 N–H and O–H groups in total. The van der Waals surface area contributed by atoms with Crippen molar-refractivity contribution in [2.24, 2.45) is 0 Å². The van der Waals surface area contributed by atoms with Crippen molar-refractivity contribution in [3.63, 3.8) is 0 Å². The van der Waals surface area contributed by atoms with Crippen LogP contribution in [0.25, 0.3) is 0 Å². The van der Waals surface area contributed by atoms with Gasteiger partial charge < -0.3 is 14.9 Å². The quantitative estimate of drug-likeness (QED) is 0.837. The van der Waals surface area contributed by atoms with Crippen molar-refractivity contribution >= 4 is 27.7 Å². The second kappa shape index (κ2) is 5.55. The van der Waals surface area contributed by atoms with Crippen LogP contribution in [0.4, 0.5) is 0 Å². The summed E-state index contributed by atoms with van der Waals surface area (Å²) in [5.74, 6) is -0.104. The standard InChI is InChI=1S/C19H23BrN2O3/c1-18(25)8-13(9-18)21(2)16(23)10-22-11-19(5-6-19)15-7-12(20)3-4-14(15)17(22)24/h3-4,7,13,25H,5-6,8-11H2,1-2H3. The van der Waals surface area contributed by atoms with Crippen molar-refractivity contribution in [2.75, 3.05) is 20.1 Å². The van der Waals surface area contributed by atoms with Crippen LogP contribution in [0.1, 0.15) is 48.5 Å². The minimum Gasteiger partial charge on any atom is -0.390 e. The van der Waals surface area contributed by atoms with Crippen LogP contribution < -0.4 is 0 Å². The average Bonchev–Trinajstić information content (AvgIpc) is 3.29. The van der Waals surface area contributed by atoms with Crippen LogP contribution >= 0.6 is 15.9 Å². The maximum absolute atomic E-state index is 12.9. The van der Waals surface area contributed by atoms with Crippen LogP contribution in [0.2, 0.25) is 0 Å². The van der Waals surface area contributed by atoms with E-state index in [4.69, 9.17) is 0 Å². The molecule has 0 radical (unpaired) electrons. The zero-order valence-corrected chi connectivity index (χ0v) is 16.2. The molecule has 0 aromatic heterocycles. The fourth-order valence-electron chi connectivity index (χ4n) is 4.25. The van der Waals surface area contributed by atoms with Crippen molar-refractivity contribution in [1.82, 2.24) is 9.80 Å². The van der Waals surface area contributed by atoms with Crippen LogP contribution in [0.15, 0.2) is 22.7 Å². The Hall–Kier alpha value is -1.40. The second-order valence-electron chi connectivity index (χ2n) is 8.20. The third-order valence-corrected chi connectivity index (χ3v) is 6.53. The summed E-state index contributed by atoms with van der Waals surface area (Å²) in [5, 5.41) is 9.88. The van der Waals surface area contributed by atoms with E-state index >= 15 is 0 Å². The molecule has 1 spiro atoms. The summed E-state index contributed by atoms with van der Waals surface area (Å²) in [4.78, 5) is 28.9. The molecule has 134 valence electrons. The highest BCUT2D eigenvalue weighted by atomic mass is 79.9. The molecule has 0 atom stereocenters. The predicted molar refractivity (Wildman–Crippen MR) is 97.4 cm³/mol. The zero-order valence-electron chi connectivity index (χ0n) is 14.6. The molecule has 0 bridgehead atoms. The largest absolute Gasteiger partial charge is 0.390 e. The third kappa shape index (κ3) is 2.89. The van der Waals surface area contributed by atoms with Crippen LogP contribution in [0, 0.1) is 0 Å². The van der Waals surface area contributed by atoms with Gasteiger partial charge >= 0.3 is 0 Å². The van der Waals surface area contributed by atoms with Gasteiger partial charge in [-0.05, 0) is 56.4 Å². The van der Waals surface area contributed by atoms with Gasteiger partial charge in [-0.1, -0.05) is 15.9 Å². The molecule has 1 aromatic carbocycles. The van der Waals surface area contributed by atoms with Crippen molar-refractivity contribution in [2.45, 2.75) is 49.7 Å². The summed E-state index contributed by atoms with van der Waals surface area (Å²) in [7, 11) is 1.77. The summed E-state index contributed by atoms with van der Waals surface area (Å²) >= 11 is 3.50. The highest BCUT2D eigenvalue weighted by Gasteiger charge is 2.52. The molecule has 4 rings (SSSR count). The molecule has 2 fully saturated rings. The Morgan fingerprint density at radius 3 is 2.68 bits per heavy atom. The molecule has 3 aliphatic rings. The number of rotatable bonds is 3. The minimum atomic E-state index is -0.662. The van der Waals surface area contributed by atoms with E-state index in [0.717, 1.165) is 28.4 Å². The molecule has 6 heteroatoms. The summed E-state index contributed by atoms with van der Waals surface area (Å²) in [6.07, 6.45) is 3.33. The Morgan fingerprint density at radius 1 is 1.40 bits per heavy atom. The number of carbonyl (C=O) groups excluding carboxylic acids is 2. The first-order chi connectivity index (χ1) is 11.7. The van der Waals surface area contributed by atoms with Crippen molar-refractivity contribution in [3.8, 4) is 0 Å². The number of amides is 2. The Morgan fingerprint density at radius 2 is 2.08 bits per heavy atom. The lowest BCUT2D eigenvalue weighted by Gasteiger charge is -2.46. The number of carbonyl (C=O) groups is 2. The van der Waals surface area contributed by atoms with E-state index in [1.54, 1.807) is 23.8 Å². The smallest absolute Gasteiger partial charge is 0.254 e. The van der Waals surface area contributed by atoms with Crippen molar-refractivity contribution in [1.29, 1.82) is 0 Å². The lowest BCUT2D eigenvalue weighted by Crippen LogP contribution is -2.56. The van der Waals surface area contributed by atoms with E-state index < -0.39 is 5.60 Å². The molecular weight excluding hydrogens is 384 g/mol. The number of aliphatic hydroxyl groups is 1. The first-order valence-corrected chi connectivity index (χ1v) is 9.57. The Balaban J connectivity index is 1.50. The van der Waals surface area contributed by atoms with Gasteiger partial charge in [-0.2, -0.15) is 0 Å². The molecule has 2 aliphatic carbocycles. The van der Waals surface area contributed by atoms with Crippen molar-refractivity contribution < 1.29 is 14.7 Å². The highest BCUT2D eigenvalue weighted by Crippen LogP contribution is 2.52. The van der Waals surface area contributed by atoms with Crippen LogP contribution in [0.3, 0.4) is 0 Å². The minimum absolute atomic E-state index is 0.0337. The summed E-state index contributed by atoms with van der Waals surface area (Å²) in [6.45, 7) is 2.53. The monoisotopic (exact) mass is 406 g/mol. The summed E-state index contributed by atoms with van der Waals surface area (Å²) in [6, 6.07) is 5.88. The summed E-state index contributed by atoms with van der Waals surface area (Å²) in [5.41, 5.74) is 1.23. The first-order valence-electron chi connectivity index (χ1n) is 8.78. The Kier molecular flexibility index (Phi) is 3.78. The van der Waals surface area contributed by atoms with Crippen molar-refractivity contribution in [3.05, 3.63) is 33.8 Å². The van der Waals surface area contributed by atoms with Gasteiger partial charge in [0.1, 0.15) is 6.54 Å². The lowest BCUT2D eigenvalue weighted by atomic mass is 9.76. The van der Waals surface area contributed by atoms with Gasteiger partial charge in [0.25, 0.3) is 5.91 Å². The van der Waals surface area contributed by atoms with E-state index in [1.807, 2.05) is 12.1 Å². The number of hydrogen-bond acceptors (Lipinski definition) is 3. The fraction of sp³-hybridized carbons (Fsp3) is 0.579.